The molecule has 12 heteroatoms. The van der Waals surface area contributed by atoms with Crippen LogP contribution in [0.5, 0.6) is 11.5 Å². The van der Waals surface area contributed by atoms with E-state index in [4.69, 9.17) is 4.74 Å². The number of hydrogen-bond acceptors (Lipinski definition) is 7. The minimum atomic E-state index is -4.51. The quantitative estimate of drug-likeness (QED) is 0.283. The molecule has 0 radical (unpaired) electrons. The molecule has 4 aromatic rings. The first kappa shape index (κ1) is 31.0. The van der Waals surface area contributed by atoms with Crippen molar-refractivity contribution in [3.05, 3.63) is 82.4 Å². The van der Waals surface area contributed by atoms with Crippen molar-refractivity contribution in [2.75, 3.05) is 39.3 Å². The Hall–Kier alpha value is -4.00. The zero-order valence-corrected chi connectivity index (χ0v) is 25.4. The lowest BCUT2D eigenvalue weighted by molar-refractivity contribution is -0.138. The van der Waals surface area contributed by atoms with E-state index in [-0.39, 0.29) is 43.5 Å². The second-order valence-corrected chi connectivity index (χ2v) is 11.9. The predicted octanol–water partition coefficient (Wildman–Crippen LogP) is 5.09. The first-order chi connectivity index (χ1) is 21.6. The van der Waals surface area contributed by atoms with Gasteiger partial charge in [0.05, 0.1) is 35.9 Å². The standard InChI is InChI=1S/C33H37F3N6O3/c1-3-40-8-10-41(11-9-40)18-23-5-4-22(12-28(23)33(34,35)36)13-30(44)42-17-21(2)31-24(19-42)14-26(16-38-31)45-29-6-7-37-32-27(29)15-25(20-43)39-32/h4-7,12,14-16,21,43H,3,8-11,13,17-20H2,1-2H3,(H,37,39)/t21-/m1/s1. The Labute approximate surface area is 259 Å². The van der Waals surface area contributed by atoms with Gasteiger partial charge in [-0.25, -0.2) is 4.98 Å². The van der Waals surface area contributed by atoms with Crippen molar-refractivity contribution >= 4 is 16.9 Å². The van der Waals surface area contributed by atoms with Crippen LogP contribution in [-0.4, -0.2) is 79.9 Å². The zero-order valence-electron chi connectivity index (χ0n) is 25.4. The van der Waals surface area contributed by atoms with Crippen LogP contribution in [0.2, 0.25) is 0 Å². The Kier molecular flexibility index (Phi) is 8.80. The average molecular weight is 623 g/mol. The van der Waals surface area contributed by atoms with Gasteiger partial charge in [0.15, 0.2) is 0 Å². The van der Waals surface area contributed by atoms with E-state index in [0.717, 1.165) is 50.0 Å². The molecule has 1 atom stereocenters. The van der Waals surface area contributed by atoms with E-state index < -0.39 is 11.7 Å². The molecule has 1 aromatic carbocycles. The number of likely N-dealkylation sites (N-methyl/N-ethyl adjacent to an activating group) is 1. The number of rotatable bonds is 8. The molecule has 0 aliphatic carbocycles. The Balaban J connectivity index is 1.16. The molecule has 6 rings (SSSR count). The van der Waals surface area contributed by atoms with Crippen LogP contribution in [0.3, 0.4) is 0 Å². The third-order valence-electron chi connectivity index (χ3n) is 8.74. The molecule has 2 aliphatic heterocycles. The Morgan fingerprint density at radius 1 is 1.09 bits per heavy atom. The number of benzene rings is 1. The number of aliphatic hydroxyl groups excluding tert-OH is 1. The van der Waals surface area contributed by atoms with E-state index >= 15 is 0 Å². The van der Waals surface area contributed by atoms with Crippen molar-refractivity contribution in [1.29, 1.82) is 0 Å². The summed E-state index contributed by atoms with van der Waals surface area (Å²) in [5, 5.41) is 10.2. The van der Waals surface area contributed by atoms with E-state index in [1.54, 1.807) is 35.5 Å². The number of aromatic amines is 1. The fraction of sp³-hybridized carbons (Fsp3) is 0.424. The maximum atomic E-state index is 14.2. The van der Waals surface area contributed by atoms with Gasteiger partial charge in [0, 0.05) is 63.6 Å². The van der Waals surface area contributed by atoms with Gasteiger partial charge in [-0.1, -0.05) is 26.0 Å². The van der Waals surface area contributed by atoms with Gasteiger partial charge < -0.3 is 24.6 Å². The van der Waals surface area contributed by atoms with Crippen LogP contribution >= 0.6 is 0 Å². The van der Waals surface area contributed by atoms with Gasteiger partial charge in [0.2, 0.25) is 5.91 Å². The highest BCUT2D eigenvalue weighted by atomic mass is 19.4. The molecule has 0 spiro atoms. The minimum Gasteiger partial charge on any atom is -0.455 e. The summed E-state index contributed by atoms with van der Waals surface area (Å²) in [4.78, 5) is 31.4. The zero-order chi connectivity index (χ0) is 31.7. The number of aromatic nitrogens is 3. The number of carbonyl (C=O) groups is 1. The van der Waals surface area contributed by atoms with Gasteiger partial charge in [-0.15, -0.1) is 0 Å². The highest BCUT2D eigenvalue weighted by Crippen LogP contribution is 2.35. The lowest BCUT2D eigenvalue weighted by Crippen LogP contribution is -2.45. The van der Waals surface area contributed by atoms with Crippen molar-refractivity contribution < 1.29 is 27.8 Å². The lowest BCUT2D eigenvalue weighted by atomic mass is 9.95. The maximum Gasteiger partial charge on any atom is 0.416 e. The van der Waals surface area contributed by atoms with Crippen LogP contribution in [0.15, 0.2) is 48.8 Å². The van der Waals surface area contributed by atoms with E-state index in [1.807, 2.05) is 13.0 Å². The summed E-state index contributed by atoms with van der Waals surface area (Å²) in [6, 6.07) is 9.67. The summed E-state index contributed by atoms with van der Waals surface area (Å²) < 4.78 is 48.6. The van der Waals surface area contributed by atoms with Crippen molar-refractivity contribution in [2.45, 2.75) is 52.1 Å². The van der Waals surface area contributed by atoms with E-state index in [9.17, 15) is 23.1 Å². The van der Waals surface area contributed by atoms with Gasteiger partial charge in [-0.05, 0) is 47.5 Å². The molecule has 1 amide bonds. The van der Waals surface area contributed by atoms with Crippen molar-refractivity contribution in [2.24, 2.45) is 0 Å². The molecule has 0 bridgehead atoms. The van der Waals surface area contributed by atoms with Crippen molar-refractivity contribution in [3.63, 3.8) is 0 Å². The number of amides is 1. The Bertz CT molecular complexity index is 1680. The lowest BCUT2D eigenvalue weighted by Gasteiger charge is -2.34. The van der Waals surface area contributed by atoms with Gasteiger partial charge >= 0.3 is 6.18 Å². The number of halogens is 3. The number of hydrogen-bond donors (Lipinski definition) is 2. The number of carbonyl (C=O) groups excluding carboxylic acids is 1. The molecule has 1 fully saturated rings. The molecule has 2 aliphatic rings. The molecule has 5 heterocycles. The molecule has 45 heavy (non-hydrogen) atoms. The molecule has 1 saturated heterocycles. The second-order valence-electron chi connectivity index (χ2n) is 11.9. The molecule has 2 N–H and O–H groups in total. The minimum absolute atomic E-state index is 0.0579. The predicted molar refractivity (Wildman–Crippen MR) is 163 cm³/mol. The topological polar surface area (TPSA) is 97.8 Å². The third-order valence-corrected chi connectivity index (χ3v) is 8.74. The number of H-pyrrole nitrogens is 1. The molecular formula is C33H37F3N6O3. The normalized spacial score (nSPS) is 17.9. The summed E-state index contributed by atoms with van der Waals surface area (Å²) >= 11 is 0. The monoisotopic (exact) mass is 622 g/mol. The van der Waals surface area contributed by atoms with Crippen LogP contribution in [0.1, 0.15) is 53.4 Å². The maximum absolute atomic E-state index is 14.2. The number of nitrogens with one attached hydrogen (secondary N) is 1. The Morgan fingerprint density at radius 3 is 2.60 bits per heavy atom. The number of pyridine rings is 2. The average Bonchev–Trinajstić information content (AvgIpc) is 3.46. The fourth-order valence-corrected chi connectivity index (χ4v) is 6.29. The first-order valence-corrected chi connectivity index (χ1v) is 15.3. The fourth-order valence-electron chi connectivity index (χ4n) is 6.29. The highest BCUT2D eigenvalue weighted by Gasteiger charge is 2.35. The van der Waals surface area contributed by atoms with E-state index in [1.165, 1.54) is 6.07 Å². The number of nitrogens with zero attached hydrogens (tertiary/aromatic N) is 5. The van der Waals surface area contributed by atoms with Gasteiger partial charge in [0.25, 0.3) is 0 Å². The highest BCUT2D eigenvalue weighted by molar-refractivity contribution is 5.83. The summed E-state index contributed by atoms with van der Waals surface area (Å²) in [6.45, 7) is 8.92. The van der Waals surface area contributed by atoms with Gasteiger partial charge in [-0.3, -0.25) is 14.7 Å². The smallest absolute Gasteiger partial charge is 0.416 e. The number of ether oxygens (including phenoxy) is 1. The molecule has 9 nitrogen and oxygen atoms in total. The number of alkyl halides is 3. The molecule has 0 saturated carbocycles. The van der Waals surface area contributed by atoms with Crippen LogP contribution in [0, 0.1) is 0 Å². The first-order valence-electron chi connectivity index (χ1n) is 15.3. The molecule has 0 unspecified atom stereocenters. The SMILES string of the molecule is CCN1CCN(Cc2ccc(CC(=O)N3Cc4cc(Oc5ccnc6[nH]c(CO)cc56)cnc4[C@H](C)C3)cc2C(F)(F)F)CC1. The van der Waals surface area contributed by atoms with E-state index in [2.05, 4.69) is 31.7 Å². The molecule has 238 valence electrons. The second kappa shape index (κ2) is 12.8. The van der Waals surface area contributed by atoms with Gasteiger partial charge in [-0.2, -0.15) is 13.2 Å². The van der Waals surface area contributed by atoms with Gasteiger partial charge in [0.1, 0.15) is 17.1 Å². The van der Waals surface area contributed by atoms with Crippen LogP contribution in [0.25, 0.3) is 11.0 Å². The number of fused-ring (bicyclic) bond motifs is 2. The van der Waals surface area contributed by atoms with Crippen LogP contribution < -0.4 is 4.74 Å². The Morgan fingerprint density at radius 2 is 1.87 bits per heavy atom. The largest absolute Gasteiger partial charge is 0.455 e. The summed E-state index contributed by atoms with van der Waals surface area (Å²) in [5.74, 6) is 0.727. The molecular weight excluding hydrogens is 585 g/mol. The van der Waals surface area contributed by atoms with E-state index in [0.29, 0.717) is 40.3 Å². The summed E-state index contributed by atoms with van der Waals surface area (Å²) in [7, 11) is 0. The van der Waals surface area contributed by atoms with Crippen LogP contribution in [0.4, 0.5) is 13.2 Å². The summed E-state index contributed by atoms with van der Waals surface area (Å²) in [6.07, 6.45) is -1.39. The number of aliphatic hydroxyl groups is 1. The summed E-state index contributed by atoms with van der Waals surface area (Å²) in [5.41, 5.74) is 2.79. The van der Waals surface area contributed by atoms with Crippen molar-refractivity contribution in [1.82, 2.24) is 29.7 Å². The molecule has 3 aromatic heterocycles. The van der Waals surface area contributed by atoms with Crippen LogP contribution in [-0.2, 0) is 37.1 Å². The third kappa shape index (κ3) is 6.82. The van der Waals surface area contributed by atoms with Crippen molar-refractivity contribution in [3.8, 4) is 11.5 Å². The number of piperazine rings is 1.